The van der Waals surface area contributed by atoms with Gasteiger partial charge in [0.2, 0.25) is 0 Å². The van der Waals surface area contributed by atoms with E-state index in [4.69, 9.17) is 22.4 Å². The molecule has 1 aromatic carbocycles. The molecule has 0 amide bonds. The number of aryl methyl sites for hydroxylation is 1. The maximum Gasteiger partial charge on any atom is 0.0650 e. The molecule has 0 aliphatic carbocycles. The number of benzene rings is 1. The Morgan fingerprint density at radius 3 is 2.79 bits per heavy atom. The smallest absolute Gasteiger partial charge is 0.0650 e. The molecule has 0 heterocycles. The minimum absolute atomic E-state index is 0.0781. The van der Waals surface area contributed by atoms with Crippen LogP contribution in [0.15, 0.2) is 12.1 Å². The summed E-state index contributed by atoms with van der Waals surface area (Å²) in [6, 6.07) is 3.61. The molecule has 0 aliphatic heterocycles. The summed E-state index contributed by atoms with van der Waals surface area (Å²) in [6.07, 6.45) is 0.473. The first-order valence-corrected chi connectivity index (χ1v) is 4.68. The minimum Gasteiger partial charge on any atom is -0.397 e. The lowest BCUT2D eigenvalue weighted by atomic mass is 10.1. The number of aliphatic hydroxyl groups excluding tert-OH is 1. The first kappa shape index (κ1) is 10.9. The molecule has 0 saturated heterocycles. The number of rotatable bonds is 1. The zero-order valence-electron chi connectivity index (χ0n) is 7.97. The Bertz CT molecular complexity index is 367. The van der Waals surface area contributed by atoms with Crippen LogP contribution in [0, 0.1) is 18.8 Å². The molecular formula is C11H12ClNO. The monoisotopic (exact) mass is 209 g/mol. The summed E-state index contributed by atoms with van der Waals surface area (Å²) < 4.78 is 0. The summed E-state index contributed by atoms with van der Waals surface area (Å²) in [5.41, 5.74) is 8.03. The van der Waals surface area contributed by atoms with Gasteiger partial charge < -0.3 is 10.8 Å². The molecule has 0 radical (unpaired) electrons. The molecule has 0 atom stereocenters. The number of halogens is 1. The number of nitrogen functional groups attached to an aromatic ring is 1. The van der Waals surface area contributed by atoms with Crippen LogP contribution in [-0.4, -0.2) is 11.7 Å². The Balaban J connectivity index is 2.97. The predicted octanol–water partition coefficient (Wildman–Crippen LogP) is 1.96. The Kier molecular flexibility index (Phi) is 3.82. The third-order valence-electron chi connectivity index (χ3n) is 1.81. The van der Waals surface area contributed by atoms with Crippen molar-refractivity contribution in [1.82, 2.24) is 0 Å². The van der Waals surface area contributed by atoms with E-state index in [9.17, 15) is 0 Å². The van der Waals surface area contributed by atoms with Crippen LogP contribution in [0.2, 0.25) is 5.02 Å². The molecule has 0 saturated carbocycles. The van der Waals surface area contributed by atoms with Crippen molar-refractivity contribution in [2.45, 2.75) is 13.3 Å². The Morgan fingerprint density at radius 1 is 1.50 bits per heavy atom. The fraction of sp³-hybridized carbons (Fsp3) is 0.273. The van der Waals surface area contributed by atoms with Gasteiger partial charge in [-0.25, -0.2) is 0 Å². The van der Waals surface area contributed by atoms with E-state index in [1.165, 1.54) is 0 Å². The Labute approximate surface area is 88.7 Å². The van der Waals surface area contributed by atoms with Gasteiger partial charge in [0.1, 0.15) is 0 Å². The Morgan fingerprint density at radius 2 is 2.21 bits per heavy atom. The number of hydrogen-bond donors (Lipinski definition) is 2. The largest absolute Gasteiger partial charge is 0.397 e. The van der Waals surface area contributed by atoms with Gasteiger partial charge in [-0.1, -0.05) is 23.4 Å². The number of anilines is 1. The highest BCUT2D eigenvalue weighted by Crippen LogP contribution is 2.23. The summed E-state index contributed by atoms with van der Waals surface area (Å²) in [7, 11) is 0. The van der Waals surface area contributed by atoms with Crippen molar-refractivity contribution < 1.29 is 5.11 Å². The zero-order valence-corrected chi connectivity index (χ0v) is 8.73. The molecule has 2 nitrogen and oxygen atoms in total. The second-order valence-corrected chi connectivity index (χ2v) is 3.37. The van der Waals surface area contributed by atoms with Gasteiger partial charge in [0.05, 0.1) is 17.3 Å². The van der Waals surface area contributed by atoms with Crippen LogP contribution >= 0.6 is 11.6 Å². The van der Waals surface area contributed by atoms with Crippen molar-refractivity contribution in [1.29, 1.82) is 0 Å². The summed E-state index contributed by atoms with van der Waals surface area (Å²) in [5.74, 6) is 5.73. The third kappa shape index (κ3) is 2.66. The number of nitrogens with two attached hydrogens (primary N) is 1. The normalized spacial score (nSPS) is 9.36. The molecule has 3 N–H and O–H groups in total. The van der Waals surface area contributed by atoms with Gasteiger partial charge >= 0.3 is 0 Å². The van der Waals surface area contributed by atoms with Gasteiger partial charge in [0.25, 0.3) is 0 Å². The predicted molar refractivity (Wildman–Crippen MR) is 59.2 cm³/mol. The van der Waals surface area contributed by atoms with Crippen LogP contribution in [-0.2, 0) is 0 Å². The molecule has 74 valence electrons. The van der Waals surface area contributed by atoms with Crippen molar-refractivity contribution in [3.8, 4) is 11.8 Å². The fourth-order valence-electron chi connectivity index (χ4n) is 1.05. The van der Waals surface area contributed by atoms with Crippen LogP contribution in [0.4, 0.5) is 5.69 Å². The van der Waals surface area contributed by atoms with Gasteiger partial charge in [-0.3, -0.25) is 0 Å². The van der Waals surface area contributed by atoms with Crippen LogP contribution < -0.4 is 5.73 Å². The van der Waals surface area contributed by atoms with Gasteiger partial charge in [-0.05, 0) is 24.6 Å². The lowest BCUT2D eigenvalue weighted by Gasteiger charge is -2.02. The number of aliphatic hydroxyl groups is 1. The number of hydrogen-bond acceptors (Lipinski definition) is 2. The van der Waals surface area contributed by atoms with E-state index in [0.717, 1.165) is 11.1 Å². The first-order chi connectivity index (χ1) is 6.65. The van der Waals surface area contributed by atoms with Crippen LogP contribution in [0.5, 0.6) is 0 Å². The molecule has 0 spiro atoms. The van der Waals surface area contributed by atoms with E-state index >= 15 is 0 Å². The van der Waals surface area contributed by atoms with Crippen LogP contribution in [0.25, 0.3) is 0 Å². The Hall–Kier alpha value is -1.17. The molecule has 0 bridgehead atoms. The van der Waals surface area contributed by atoms with E-state index in [1.807, 2.05) is 13.0 Å². The molecule has 0 aliphatic rings. The van der Waals surface area contributed by atoms with Crippen LogP contribution in [0.1, 0.15) is 17.5 Å². The second-order valence-electron chi connectivity index (χ2n) is 2.96. The van der Waals surface area contributed by atoms with Crippen molar-refractivity contribution in [2.75, 3.05) is 12.3 Å². The summed E-state index contributed by atoms with van der Waals surface area (Å²) >= 11 is 5.89. The highest BCUT2D eigenvalue weighted by atomic mass is 35.5. The third-order valence-corrected chi connectivity index (χ3v) is 2.12. The van der Waals surface area contributed by atoms with Gasteiger partial charge in [0.15, 0.2) is 0 Å². The van der Waals surface area contributed by atoms with Crippen molar-refractivity contribution >= 4 is 17.3 Å². The maximum atomic E-state index is 8.55. The highest BCUT2D eigenvalue weighted by molar-refractivity contribution is 6.33. The SMILES string of the molecule is Cc1cc(C#CCCO)cc(Cl)c1N. The minimum atomic E-state index is 0.0781. The first-order valence-electron chi connectivity index (χ1n) is 4.30. The van der Waals surface area contributed by atoms with Crippen molar-refractivity contribution in [3.63, 3.8) is 0 Å². The zero-order chi connectivity index (χ0) is 10.6. The molecule has 3 heteroatoms. The summed E-state index contributed by atoms with van der Waals surface area (Å²) in [4.78, 5) is 0. The average Bonchev–Trinajstić information content (AvgIpc) is 2.14. The quantitative estimate of drug-likeness (QED) is 0.549. The van der Waals surface area contributed by atoms with E-state index in [0.29, 0.717) is 17.1 Å². The summed E-state index contributed by atoms with van der Waals surface area (Å²) in [5, 5.41) is 9.08. The van der Waals surface area contributed by atoms with Gasteiger partial charge in [-0.2, -0.15) is 0 Å². The second kappa shape index (κ2) is 4.90. The topological polar surface area (TPSA) is 46.2 Å². The lowest BCUT2D eigenvalue weighted by Crippen LogP contribution is -1.91. The molecule has 14 heavy (non-hydrogen) atoms. The molecule has 0 unspecified atom stereocenters. The molecule has 0 fully saturated rings. The van der Waals surface area contributed by atoms with E-state index in [-0.39, 0.29) is 6.61 Å². The van der Waals surface area contributed by atoms with Crippen LogP contribution in [0.3, 0.4) is 0 Å². The summed E-state index contributed by atoms with van der Waals surface area (Å²) in [6.45, 7) is 1.97. The lowest BCUT2D eigenvalue weighted by molar-refractivity contribution is 0.305. The maximum absolute atomic E-state index is 8.55. The van der Waals surface area contributed by atoms with Gasteiger partial charge in [0, 0.05) is 12.0 Å². The highest BCUT2D eigenvalue weighted by Gasteiger charge is 2.00. The molecule has 1 aromatic rings. The molecular weight excluding hydrogens is 198 g/mol. The van der Waals surface area contributed by atoms with E-state index in [1.54, 1.807) is 6.07 Å². The standard InChI is InChI=1S/C11H12ClNO/c1-8-6-9(4-2-3-5-14)7-10(12)11(8)13/h6-7,14H,3,5,13H2,1H3. The molecule has 1 rings (SSSR count). The van der Waals surface area contributed by atoms with Gasteiger partial charge in [-0.15, -0.1) is 0 Å². The van der Waals surface area contributed by atoms with Crippen molar-refractivity contribution in [2.24, 2.45) is 0 Å². The molecule has 0 aromatic heterocycles. The van der Waals surface area contributed by atoms with Crippen molar-refractivity contribution in [3.05, 3.63) is 28.3 Å². The fourth-order valence-corrected chi connectivity index (χ4v) is 1.31. The average molecular weight is 210 g/mol. The van der Waals surface area contributed by atoms with E-state index in [2.05, 4.69) is 11.8 Å². The van der Waals surface area contributed by atoms with E-state index < -0.39 is 0 Å².